The first kappa shape index (κ1) is 17.3. The first-order chi connectivity index (χ1) is 12.5. The normalized spacial score (nSPS) is 11.9. The minimum Gasteiger partial charge on any atom is -0.368 e. The molecule has 0 radical (unpaired) electrons. The van der Waals surface area contributed by atoms with E-state index < -0.39 is 11.9 Å². The largest absolute Gasteiger partial charge is 0.368 e. The Morgan fingerprint density at radius 2 is 2.00 bits per heavy atom. The van der Waals surface area contributed by atoms with E-state index in [4.69, 9.17) is 5.73 Å². The second-order valence-electron chi connectivity index (χ2n) is 6.25. The third-order valence-corrected chi connectivity index (χ3v) is 4.02. The highest BCUT2D eigenvalue weighted by molar-refractivity contribution is 5.84. The van der Waals surface area contributed by atoms with Crippen molar-refractivity contribution >= 4 is 22.6 Å². The molecular formula is C19H18N6O. The highest BCUT2D eigenvalue weighted by atomic mass is 16.1. The zero-order valence-corrected chi connectivity index (χ0v) is 14.5. The molecule has 3 rings (SSSR count). The molecular weight excluding hydrogens is 328 g/mol. The number of pyridine rings is 1. The number of nitrogens with one attached hydrogen (secondary N) is 1. The summed E-state index contributed by atoms with van der Waals surface area (Å²) < 4.78 is 0. The number of nitrogens with zero attached hydrogens (tertiary/aromatic N) is 4. The van der Waals surface area contributed by atoms with Gasteiger partial charge in [0.15, 0.2) is 5.69 Å². The number of para-hydroxylation sites is 1. The predicted octanol–water partition coefficient (Wildman–Crippen LogP) is 2.49. The van der Waals surface area contributed by atoms with Crippen LogP contribution in [0.4, 0.5) is 5.82 Å². The lowest BCUT2D eigenvalue weighted by molar-refractivity contribution is -0.119. The molecule has 0 saturated heterocycles. The lowest BCUT2D eigenvalue weighted by Gasteiger charge is -2.19. The van der Waals surface area contributed by atoms with E-state index in [9.17, 15) is 10.1 Å². The Morgan fingerprint density at radius 1 is 1.23 bits per heavy atom. The molecule has 130 valence electrons. The van der Waals surface area contributed by atoms with Gasteiger partial charge in [0.1, 0.15) is 23.6 Å². The van der Waals surface area contributed by atoms with Crippen LogP contribution in [-0.2, 0) is 4.79 Å². The molecule has 0 aliphatic heterocycles. The van der Waals surface area contributed by atoms with Crippen molar-refractivity contribution in [1.82, 2.24) is 15.0 Å². The third kappa shape index (κ3) is 3.44. The molecule has 0 aliphatic rings. The van der Waals surface area contributed by atoms with Gasteiger partial charge in [-0.3, -0.25) is 9.78 Å². The van der Waals surface area contributed by atoms with Crippen LogP contribution in [0.5, 0.6) is 0 Å². The number of amides is 1. The van der Waals surface area contributed by atoms with Crippen molar-refractivity contribution in [2.75, 3.05) is 5.32 Å². The number of rotatable bonds is 5. The molecule has 2 aromatic heterocycles. The summed E-state index contributed by atoms with van der Waals surface area (Å²) in [5.41, 5.74) is 7.56. The van der Waals surface area contributed by atoms with Crippen LogP contribution in [-0.4, -0.2) is 26.9 Å². The molecule has 7 nitrogen and oxygen atoms in total. The predicted molar refractivity (Wildman–Crippen MR) is 98.9 cm³/mol. The molecule has 26 heavy (non-hydrogen) atoms. The summed E-state index contributed by atoms with van der Waals surface area (Å²) in [5, 5.41) is 13.3. The van der Waals surface area contributed by atoms with Crippen LogP contribution in [0, 0.1) is 17.2 Å². The molecule has 1 atom stereocenters. The summed E-state index contributed by atoms with van der Waals surface area (Å²) in [6.45, 7) is 3.77. The van der Waals surface area contributed by atoms with Gasteiger partial charge in [-0.25, -0.2) is 9.97 Å². The first-order valence-electron chi connectivity index (χ1n) is 8.17. The van der Waals surface area contributed by atoms with Gasteiger partial charge in [-0.15, -0.1) is 0 Å². The summed E-state index contributed by atoms with van der Waals surface area (Å²) in [5.74, 6) is -0.111. The second kappa shape index (κ2) is 7.15. The third-order valence-electron chi connectivity index (χ3n) is 4.02. The smallest absolute Gasteiger partial charge is 0.240 e. The van der Waals surface area contributed by atoms with Crippen LogP contribution in [0.25, 0.3) is 22.2 Å². The number of hydrogen-bond donors (Lipinski definition) is 2. The lowest BCUT2D eigenvalue weighted by Crippen LogP contribution is -2.39. The number of primary amides is 1. The second-order valence-corrected chi connectivity index (χ2v) is 6.25. The average molecular weight is 346 g/mol. The van der Waals surface area contributed by atoms with Gasteiger partial charge in [0.2, 0.25) is 5.91 Å². The maximum absolute atomic E-state index is 11.6. The van der Waals surface area contributed by atoms with E-state index in [1.54, 1.807) is 6.20 Å². The molecule has 1 amide bonds. The van der Waals surface area contributed by atoms with Crippen molar-refractivity contribution in [2.24, 2.45) is 11.7 Å². The number of aromatic nitrogens is 3. The number of benzene rings is 1. The number of carbonyl (C=O) groups excluding carboxylic acids is 1. The van der Waals surface area contributed by atoms with Crippen molar-refractivity contribution in [3.8, 4) is 17.3 Å². The number of nitriles is 1. The Morgan fingerprint density at radius 3 is 2.69 bits per heavy atom. The van der Waals surface area contributed by atoms with Gasteiger partial charge in [0, 0.05) is 17.1 Å². The molecule has 1 unspecified atom stereocenters. The van der Waals surface area contributed by atoms with E-state index in [1.165, 1.54) is 6.20 Å². The van der Waals surface area contributed by atoms with E-state index >= 15 is 0 Å². The molecule has 3 aromatic rings. The summed E-state index contributed by atoms with van der Waals surface area (Å²) in [6.07, 6.45) is 3.08. The number of fused-ring (bicyclic) bond motifs is 1. The number of carbonyl (C=O) groups is 1. The fourth-order valence-electron chi connectivity index (χ4n) is 2.67. The maximum atomic E-state index is 11.6. The minimum absolute atomic E-state index is 0.0178. The SMILES string of the molecule is CC(C)C(Nc1cnc(C#N)c(-c2cnc3ccccc3c2)n1)C(N)=O. The van der Waals surface area contributed by atoms with Crippen LogP contribution >= 0.6 is 0 Å². The van der Waals surface area contributed by atoms with Gasteiger partial charge < -0.3 is 11.1 Å². The van der Waals surface area contributed by atoms with E-state index in [2.05, 4.69) is 20.3 Å². The Hall–Kier alpha value is -3.53. The Kier molecular flexibility index (Phi) is 4.76. The Bertz CT molecular complexity index is 1010. The van der Waals surface area contributed by atoms with Gasteiger partial charge >= 0.3 is 0 Å². The highest BCUT2D eigenvalue weighted by Crippen LogP contribution is 2.24. The van der Waals surface area contributed by atoms with E-state index in [0.29, 0.717) is 17.1 Å². The average Bonchev–Trinajstić information content (AvgIpc) is 2.65. The van der Waals surface area contributed by atoms with Crippen LogP contribution in [0.1, 0.15) is 19.5 Å². The topological polar surface area (TPSA) is 118 Å². The van der Waals surface area contributed by atoms with E-state index in [-0.39, 0.29) is 11.6 Å². The quantitative estimate of drug-likeness (QED) is 0.733. The minimum atomic E-state index is -0.584. The van der Waals surface area contributed by atoms with Crippen LogP contribution in [0.3, 0.4) is 0 Å². The number of nitrogens with two attached hydrogens (primary N) is 1. The molecule has 0 aliphatic carbocycles. The molecule has 1 aromatic carbocycles. The maximum Gasteiger partial charge on any atom is 0.240 e. The molecule has 7 heteroatoms. The van der Waals surface area contributed by atoms with E-state index in [1.807, 2.05) is 50.2 Å². The number of hydrogen-bond acceptors (Lipinski definition) is 6. The fraction of sp³-hybridized carbons (Fsp3) is 0.211. The van der Waals surface area contributed by atoms with Crippen molar-refractivity contribution in [1.29, 1.82) is 5.26 Å². The van der Waals surface area contributed by atoms with Crippen molar-refractivity contribution in [3.05, 3.63) is 48.4 Å². The standard InChI is InChI=1S/C19H18N6O/c1-11(2)17(19(21)26)24-16-10-23-15(8-20)18(25-16)13-7-12-5-3-4-6-14(12)22-9-13/h3-7,9-11,17H,1-2H3,(H2,21,26)(H,24,25). The number of anilines is 1. The zero-order chi connectivity index (χ0) is 18.7. The van der Waals surface area contributed by atoms with Crippen molar-refractivity contribution in [3.63, 3.8) is 0 Å². The summed E-state index contributed by atoms with van der Waals surface area (Å²) in [7, 11) is 0. The fourth-order valence-corrected chi connectivity index (χ4v) is 2.67. The van der Waals surface area contributed by atoms with Gasteiger partial charge in [0.25, 0.3) is 0 Å². The first-order valence-corrected chi connectivity index (χ1v) is 8.17. The monoisotopic (exact) mass is 346 g/mol. The molecule has 2 heterocycles. The molecule has 3 N–H and O–H groups in total. The van der Waals surface area contributed by atoms with Crippen LogP contribution < -0.4 is 11.1 Å². The highest BCUT2D eigenvalue weighted by Gasteiger charge is 2.20. The zero-order valence-electron chi connectivity index (χ0n) is 14.5. The Balaban J connectivity index is 2.05. The summed E-state index contributed by atoms with van der Waals surface area (Å²) >= 11 is 0. The molecule has 0 fully saturated rings. The van der Waals surface area contributed by atoms with Gasteiger partial charge in [-0.1, -0.05) is 32.0 Å². The molecule has 0 saturated carbocycles. The van der Waals surface area contributed by atoms with Crippen molar-refractivity contribution in [2.45, 2.75) is 19.9 Å². The molecule has 0 bridgehead atoms. The lowest BCUT2D eigenvalue weighted by atomic mass is 10.0. The van der Waals surface area contributed by atoms with Gasteiger partial charge in [0.05, 0.1) is 11.7 Å². The van der Waals surface area contributed by atoms with Gasteiger partial charge in [-0.05, 0) is 18.1 Å². The van der Waals surface area contributed by atoms with Crippen LogP contribution in [0.15, 0.2) is 42.7 Å². The van der Waals surface area contributed by atoms with Crippen molar-refractivity contribution < 1.29 is 4.79 Å². The molecule has 0 spiro atoms. The van der Waals surface area contributed by atoms with Crippen LogP contribution in [0.2, 0.25) is 0 Å². The Labute approximate surface area is 150 Å². The summed E-state index contributed by atoms with van der Waals surface area (Å²) in [4.78, 5) is 24.7. The van der Waals surface area contributed by atoms with Gasteiger partial charge in [-0.2, -0.15) is 5.26 Å². The summed E-state index contributed by atoms with van der Waals surface area (Å²) in [6, 6.07) is 11.1. The van der Waals surface area contributed by atoms with E-state index in [0.717, 1.165) is 10.9 Å².